The van der Waals surface area contributed by atoms with Gasteiger partial charge in [0.05, 0.1) is 12.1 Å². The zero-order valence-corrected chi connectivity index (χ0v) is 12.2. The van der Waals surface area contributed by atoms with Crippen LogP contribution >= 0.6 is 15.9 Å². The smallest absolute Gasteiger partial charge is 0.258 e. The Balaban J connectivity index is 2.26. The highest BCUT2D eigenvalue weighted by atomic mass is 79.9. The Labute approximate surface area is 119 Å². The molecule has 19 heavy (non-hydrogen) atoms. The molecule has 0 aromatic carbocycles. The Morgan fingerprint density at radius 2 is 2.42 bits per heavy atom. The molecule has 0 bridgehead atoms. The Hall–Kier alpha value is -1.63. The molecule has 0 aliphatic carbocycles. The molecule has 0 unspecified atom stereocenters. The highest BCUT2D eigenvalue weighted by Crippen LogP contribution is 2.20. The molecule has 0 radical (unpaired) electrons. The molecule has 6 nitrogen and oxygen atoms in total. The van der Waals surface area contributed by atoms with Gasteiger partial charge in [-0.15, -0.1) is 0 Å². The van der Waals surface area contributed by atoms with E-state index >= 15 is 0 Å². The highest BCUT2D eigenvalue weighted by Gasteiger charge is 2.24. The van der Waals surface area contributed by atoms with Gasteiger partial charge in [0, 0.05) is 30.3 Å². The molecule has 1 aliphatic rings. The van der Waals surface area contributed by atoms with Crippen molar-refractivity contribution in [2.24, 2.45) is 0 Å². The van der Waals surface area contributed by atoms with Crippen LogP contribution in [0, 0.1) is 0 Å². The van der Waals surface area contributed by atoms with Crippen LogP contribution in [0.1, 0.15) is 17.3 Å². The topological polar surface area (TPSA) is 74.3 Å². The summed E-state index contributed by atoms with van der Waals surface area (Å²) in [6.07, 6.45) is 1.64. The SMILES string of the molecule is CCNc1ncc(Br)cc1C(=O)N1CCNC(=O)C1. The average Bonchev–Trinajstić information content (AvgIpc) is 2.40. The van der Waals surface area contributed by atoms with Gasteiger partial charge in [-0.2, -0.15) is 0 Å². The lowest BCUT2D eigenvalue weighted by Crippen LogP contribution is -2.50. The van der Waals surface area contributed by atoms with E-state index in [1.54, 1.807) is 12.3 Å². The van der Waals surface area contributed by atoms with Crippen molar-refractivity contribution in [1.29, 1.82) is 0 Å². The zero-order chi connectivity index (χ0) is 13.8. The number of piperazine rings is 1. The first kappa shape index (κ1) is 13.8. The third-order valence-electron chi connectivity index (χ3n) is 2.75. The van der Waals surface area contributed by atoms with Crippen molar-refractivity contribution in [3.8, 4) is 0 Å². The van der Waals surface area contributed by atoms with Crippen molar-refractivity contribution < 1.29 is 9.59 Å². The molecule has 1 aliphatic heterocycles. The number of hydrogen-bond donors (Lipinski definition) is 2. The van der Waals surface area contributed by atoms with Crippen LogP contribution in [0.15, 0.2) is 16.7 Å². The molecule has 1 aromatic heterocycles. The molecular formula is C12H15BrN4O2. The van der Waals surface area contributed by atoms with Crippen molar-refractivity contribution in [3.63, 3.8) is 0 Å². The van der Waals surface area contributed by atoms with Gasteiger partial charge in [-0.25, -0.2) is 4.98 Å². The molecule has 2 N–H and O–H groups in total. The number of rotatable bonds is 3. The summed E-state index contributed by atoms with van der Waals surface area (Å²) in [7, 11) is 0. The number of amides is 2. The number of anilines is 1. The highest BCUT2D eigenvalue weighted by molar-refractivity contribution is 9.10. The van der Waals surface area contributed by atoms with Crippen LogP contribution in [0.4, 0.5) is 5.82 Å². The van der Waals surface area contributed by atoms with Crippen LogP contribution in [-0.2, 0) is 4.79 Å². The third kappa shape index (κ3) is 3.23. The van der Waals surface area contributed by atoms with Crippen molar-refractivity contribution in [1.82, 2.24) is 15.2 Å². The first-order valence-electron chi connectivity index (χ1n) is 6.07. The maximum Gasteiger partial charge on any atom is 0.258 e. The minimum absolute atomic E-state index is 0.0942. The fraction of sp³-hybridized carbons (Fsp3) is 0.417. The van der Waals surface area contributed by atoms with Crippen molar-refractivity contribution in [2.75, 3.05) is 31.5 Å². The van der Waals surface area contributed by atoms with Gasteiger partial charge in [0.1, 0.15) is 5.82 Å². The van der Waals surface area contributed by atoms with Gasteiger partial charge in [-0.3, -0.25) is 9.59 Å². The van der Waals surface area contributed by atoms with E-state index in [2.05, 4.69) is 31.5 Å². The summed E-state index contributed by atoms with van der Waals surface area (Å²) in [6, 6.07) is 1.72. The van der Waals surface area contributed by atoms with E-state index in [0.29, 0.717) is 31.0 Å². The first-order valence-corrected chi connectivity index (χ1v) is 6.86. The minimum atomic E-state index is -0.181. The Bertz CT molecular complexity index is 507. The molecule has 7 heteroatoms. The second-order valence-corrected chi connectivity index (χ2v) is 5.07. The molecule has 102 valence electrons. The van der Waals surface area contributed by atoms with E-state index in [1.807, 2.05) is 6.92 Å². The lowest BCUT2D eigenvalue weighted by molar-refractivity contribution is -0.123. The van der Waals surface area contributed by atoms with Gasteiger partial charge in [-0.1, -0.05) is 0 Å². The number of carbonyl (C=O) groups excluding carboxylic acids is 2. The predicted octanol–water partition coefficient (Wildman–Crippen LogP) is 0.848. The van der Waals surface area contributed by atoms with Crippen molar-refractivity contribution >= 4 is 33.6 Å². The number of aromatic nitrogens is 1. The lowest BCUT2D eigenvalue weighted by Gasteiger charge is -2.27. The summed E-state index contributed by atoms with van der Waals surface area (Å²) in [5.74, 6) is 0.230. The second kappa shape index (κ2) is 6.01. The normalized spacial score (nSPS) is 15.1. The van der Waals surface area contributed by atoms with Crippen LogP contribution < -0.4 is 10.6 Å². The van der Waals surface area contributed by atoms with E-state index in [-0.39, 0.29) is 18.4 Å². The van der Waals surface area contributed by atoms with Gasteiger partial charge in [0.15, 0.2) is 0 Å². The minimum Gasteiger partial charge on any atom is -0.370 e. The third-order valence-corrected chi connectivity index (χ3v) is 3.19. The molecule has 0 atom stereocenters. The van der Waals surface area contributed by atoms with E-state index in [9.17, 15) is 9.59 Å². The zero-order valence-electron chi connectivity index (χ0n) is 10.6. The van der Waals surface area contributed by atoms with Gasteiger partial charge < -0.3 is 15.5 Å². The summed E-state index contributed by atoms with van der Waals surface area (Å²) in [4.78, 5) is 29.5. The van der Waals surface area contributed by atoms with Gasteiger partial charge in [0.25, 0.3) is 5.91 Å². The van der Waals surface area contributed by atoms with Gasteiger partial charge in [0.2, 0.25) is 5.91 Å². The summed E-state index contributed by atoms with van der Waals surface area (Å²) in [5.41, 5.74) is 0.478. The van der Waals surface area contributed by atoms with Crippen molar-refractivity contribution in [2.45, 2.75) is 6.92 Å². The number of nitrogens with zero attached hydrogens (tertiary/aromatic N) is 2. The number of carbonyl (C=O) groups is 2. The van der Waals surface area contributed by atoms with Crippen LogP contribution in [0.3, 0.4) is 0 Å². The number of hydrogen-bond acceptors (Lipinski definition) is 4. The molecule has 2 rings (SSSR count). The molecule has 1 fully saturated rings. The molecule has 2 heterocycles. The monoisotopic (exact) mass is 326 g/mol. The van der Waals surface area contributed by atoms with Gasteiger partial charge >= 0.3 is 0 Å². The fourth-order valence-electron chi connectivity index (χ4n) is 1.89. The summed E-state index contributed by atoms with van der Waals surface area (Å²) in [6.45, 7) is 3.71. The Morgan fingerprint density at radius 3 is 3.11 bits per heavy atom. The number of halogens is 1. The average molecular weight is 327 g/mol. The summed E-state index contributed by atoms with van der Waals surface area (Å²) in [5, 5.41) is 5.75. The molecule has 1 aromatic rings. The summed E-state index contributed by atoms with van der Waals surface area (Å²) < 4.78 is 0.735. The van der Waals surface area contributed by atoms with E-state index in [4.69, 9.17) is 0 Å². The fourth-order valence-corrected chi connectivity index (χ4v) is 2.22. The Morgan fingerprint density at radius 1 is 1.63 bits per heavy atom. The van der Waals surface area contributed by atoms with Crippen LogP contribution in [0.25, 0.3) is 0 Å². The molecule has 0 saturated carbocycles. The molecule has 0 spiro atoms. The van der Waals surface area contributed by atoms with E-state index in [1.165, 1.54) is 4.90 Å². The number of pyridine rings is 1. The van der Waals surface area contributed by atoms with Gasteiger partial charge in [-0.05, 0) is 28.9 Å². The standard InChI is InChI=1S/C12H15BrN4O2/c1-2-14-11-9(5-8(13)6-16-11)12(19)17-4-3-15-10(18)7-17/h5-6H,2-4,7H2,1H3,(H,14,16)(H,15,18). The maximum absolute atomic E-state index is 12.4. The van der Waals surface area contributed by atoms with Crippen LogP contribution in [0.5, 0.6) is 0 Å². The lowest BCUT2D eigenvalue weighted by atomic mass is 10.2. The quantitative estimate of drug-likeness (QED) is 0.863. The molecule has 1 saturated heterocycles. The predicted molar refractivity (Wildman–Crippen MR) is 75.0 cm³/mol. The largest absolute Gasteiger partial charge is 0.370 e. The van der Waals surface area contributed by atoms with Crippen molar-refractivity contribution in [3.05, 3.63) is 22.3 Å². The molecular weight excluding hydrogens is 312 g/mol. The first-order chi connectivity index (χ1) is 9.11. The van der Waals surface area contributed by atoms with Crippen LogP contribution in [-0.4, -0.2) is 47.9 Å². The second-order valence-electron chi connectivity index (χ2n) is 4.16. The van der Waals surface area contributed by atoms with Crippen LogP contribution in [0.2, 0.25) is 0 Å². The van der Waals surface area contributed by atoms with E-state index in [0.717, 1.165) is 4.47 Å². The summed E-state index contributed by atoms with van der Waals surface area (Å²) >= 11 is 3.31. The maximum atomic E-state index is 12.4. The Kier molecular flexibility index (Phi) is 4.36. The van der Waals surface area contributed by atoms with E-state index < -0.39 is 0 Å². The molecule has 2 amide bonds. The number of nitrogens with one attached hydrogen (secondary N) is 2.